The Kier molecular flexibility index (Phi) is 7.13. The molecule has 1 aliphatic rings. The van der Waals surface area contributed by atoms with Crippen molar-refractivity contribution < 1.29 is 26.4 Å². The average molecular weight is 406 g/mol. The van der Waals surface area contributed by atoms with Crippen molar-refractivity contribution >= 4 is 21.4 Å². The summed E-state index contributed by atoms with van der Waals surface area (Å²) in [7, 11) is -3.42. The van der Waals surface area contributed by atoms with E-state index in [2.05, 4.69) is 0 Å². The summed E-state index contributed by atoms with van der Waals surface area (Å²) in [5.41, 5.74) is -0.263. The fourth-order valence-electron chi connectivity index (χ4n) is 3.02. The van der Waals surface area contributed by atoms with Crippen LogP contribution in [-0.4, -0.2) is 56.9 Å². The third-order valence-corrected chi connectivity index (χ3v) is 6.17. The predicted octanol–water partition coefficient (Wildman–Crippen LogP) is 2.96. The van der Waals surface area contributed by atoms with E-state index >= 15 is 0 Å². The van der Waals surface area contributed by atoms with Crippen LogP contribution >= 0.6 is 0 Å². The standard InChI is InChI=1S/C18H25F3N2O3S/c1-2-3-4-12-27(25,26)14-17(24)23-10-8-22(9-11-23)16-7-5-6-15(13-16)18(19,20)21/h5-7,13H,2-4,8-12,14H2,1H3. The van der Waals surface area contributed by atoms with Crippen LogP contribution in [0.2, 0.25) is 0 Å². The molecule has 0 saturated carbocycles. The average Bonchev–Trinajstić information content (AvgIpc) is 2.61. The summed E-state index contributed by atoms with van der Waals surface area (Å²) in [4.78, 5) is 15.5. The van der Waals surface area contributed by atoms with Gasteiger partial charge in [-0.15, -0.1) is 0 Å². The molecule has 152 valence electrons. The molecular formula is C18H25F3N2O3S. The Balaban J connectivity index is 1.90. The lowest BCUT2D eigenvalue weighted by Gasteiger charge is -2.36. The highest BCUT2D eigenvalue weighted by molar-refractivity contribution is 7.92. The van der Waals surface area contributed by atoms with Crippen LogP contribution in [0.1, 0.15) is 31.7 Å². The van der Waals surface area contributed by atoms with Crippen LogP contribution < -0.4 is 4.90 Å². The van der Waals surface area contributed by atoms with Crippen LogP contribution in [0, 0.1) is 0 Å². The van der Waals surface area contributed by atoms with Crippen LogP contribution in [0.15, 0.2) is 24.3 Å². The minimum absolute atomic E-state index is 0.0107. The summed E-state index contributed by atoms with van der Waals surface area (Å²) in [6.07, 6.45) is -2.14. The van der Waals surface area contributed by atoms with Crippen LogP contribution in [0.4, 0.5) is 18.9 Å². The van der Waals surface area contributed by atoms with E-state index in [-0.39, 0.29) is 5.75 Å². The van der Waals surface area contributed by atoms with Crippen molar-refractivity contribution in [1.29, 1.82) is 0 Å². The van der Waals surface area contributed by atoms with Crippen molar-refractivity contribution in [2.75, 3.05) is 42.6 Å². The van der Waals surface area contributed by atoms with Crippen LogP contribution in [0.3, 0.4) is 0 Å². The van der Waals surface area contributed by atoms with Gasteiger partial charge in [0.05, 0.1) is 11.3 Å². The van der Waals surface area contributed by atoms with E-state index in [0.717, 1.165) is 25.0 Å². The van der Waals surface area contributed by atoms with E-state index in [9.17, 15) is 26.4 Å². The maximum atomic E-state index is 12.8. The smallest absolute Gasteiger partial charge is 0.368 e. The first-order valence-corrected chi connectivity index (χ1v) is 10.8. The number of hydrogen-bond acceptors (Lipinski definition) is 4. The molecule has 0 radical (unpaired) electrons. The molecule has 0 aliphatic carbocycles. The van der Waals surface area contributed by atoms with Gasteiger partial charge in [0, 0.05) is 31.9 Å². The molecule has 1 fully saturated rings. The number of carbonyl (C=O) groups is 1. The van der Waals surface area contributed by atoms with Gasteiger partial charge < -0.3 is 9.80 Å². The number of carbonyl (C=O) groups excluding carboxylic acids is 1. The Morgan fingerprint density at radius 2 is 1.78 bits per heavy atom. The van der Waals surface area contributed by atoms with E-state index < -0.39 is 33.2 Å². The van der Waals surface area contributed by atoms with Crippen molar-refractivity contribution in [3.05, 3.63) is 29.8 Å². The third-order valence-electron chi connectivity index (χ3n) is 4.57. The molecule has 1 aromatic carbocycles. The molecule has 1 amide bonds. The van der Waals surface area contributed by atoms with Crippen molar-refractivity contribution in [1.82, 2.24) is 4.90 Å². The normalized spacial score (nSPS) is 15.9. The molecule has 5 nitrogen and oxygen atoms in total. The lowest BCUT2D eigenvalue weighted by atomic mass is 10.1. The number of halogens is 3. The van der Waals surface area contributed by atoms with Crippen LogP contribution in [0.5, 0.6) is 0 Å². The Hall–Kier alpha value is -1.77. The second kappa shape index (κ2) is 8.95. The molecular weight excluding hydrogens is 381 g/mol. The maximum absolute atomic E-state index is 12.8. The molecule has 27 heavy (non-hydrogen) atoms. The number of benzene rings is 1. The summed E-state index contributed by atoms with van der Waals surface area (Å²) < 4.78 is 62.6. The number of amides is 1. The minimum Gasteiger partial charge on any atom is -0.368 e. The topological polar surface area (TPSA) is 57.7 Å². The summed E-state index contributed by atoms with van der Waals surface area (Å²) in [6, 6.07) is 5.08. The number of sulfone groups is 1. The lowest BCUT2D eigenvalue weighted by Crippen LogP contribution is -2.50. The molecule has 1 saturated heterocycles. The molecule has 9 heteroatoms. The lowest BCUT2D eigenvalue weighted by molar-refractivity contribution is -0.137. The van der Waals surface area contributed by atoms with Gasteiger partial charge in [0.1, 0.15) is 5.75 Å². The molecule has 0 atom stereocenters. The predicted molar refractivity (Wildman–Crippen MR) is 98.4 cm³/mol. The van der Waals surface area contributed by atoms with Gasteiger partial charge in [-0.25, -0.2) is 8.42 Å². The number of anilines is 1. The SMILES string of the molecule is CCCCCS(=O)(=O)CC(=O)N1CCN(c2cccc(C(F)(F)F)c2)CC1. The van der Waals surface area contributed by atoms with Crippen molar-refractivity contribution in [2.24, 2.45) is 0 Å². The molecule has 0 unspecified atom stereocenters. The van der Waals surface area contributed by atoms with Gasteiger partial charge in [-0.2, -0.15) is 13.2 Å². The summed E-state index contributed by atoms with van der Waals surface area (Å²) >= 11 is 0. The summed E-state index contributed by atoms with van der Waals surface area (Å²) in [5, 5.41) is 0. The zero-order valence-corrected chi connectivity index (χ0v) is 16.2. The first kappa shape index (κ1) is 21.5. The Morgan fingerprint density at radius 3 is 2.37 bits per heavy atom. The molecule has 2 rings (SSSR count). The van der Waals surface area contributed by atoms with Gasteiger partial charge in [0.15, 0.2) is 9.84 Å². The van der Waals surface area contributed by atoms with Gasteiger partial charge in [-0.1, -0.05) is 25.8 Å². The summed E-state index contributed by atoms with van der Waals surface area (Å²) in [5.74, 6) is -0.924. The van der Waals surface area contributed by atoms with E-state index in [1.165, 1.54) is 11.0 Å². The molecule has 0 aromatic heterocycles. The highest BCUT2D eigenvalue weighted by Crippen LogP contribution is 2.31. The van der Waals surface area contributed by atoms with E-state index in [0.29, 0.717) is 38.3 Å². The number of rotatable bonds is 7. The van der Waals surface area contributed by atoms with Crippen molar-refractivity contribution in [3.8, 4) is 0 Å². The number of piperazine rings is 1. The maximum Gasteiger partial charge on any atom is 0.416 e. The summed E-state index contributed by atoms with van der Waals surface area (Å²) in [6.45, 7) is 3.28. The molecule has 0 bridgehead atoms. The van der Waals surface area contributed by atoms with Crippen molar-refractivity contribution in [2.45, 2.75) is 32.4 Å². The second-order valence-corrected chi connectivity index (χ2v) is 8.90. The zero-order chi connectivity index (χ0) is 20.1. The van der Waals surface area contributed by atoms with Crippen molar-refractivity contribution in [3.63, 3.8) is 0 Å². The number of nitrogens with zero attached hydrogens (tertiary/aromatic N) is 2. The first-order valence-electron chi connectivity index (χ1n) is 9.03. The van der Waals surface area contributed by atoms with E-state index in [4.69, 9.17) is 0 Å². The van der Waals surface area contributed by atoms with Gasteiger partial charge in [0.25, 0.3) is 0 Å². The second-order valence-electron chi connectivity index (χ2n) is 6.72. The molecule has 1 aliphatic heterocycles. The third kappa shape index (κ3) is 6.41. The molecule has 0 N–H and O–H groups in total. The number of alkyl halides is 3. The quantitative estimate of drug-likeness (QED) is 0.654. The fourth-order valence-corrected chi connectivity index (χ4v) is 4.36. The Bertz CT molecular complexity index is 742. The van der Waals surface area contributed by atoms with E-state index in [1.54, 1.807) is 11.0 Å². The Labute approximate surface area is 158 Å². The van der Waals surface area contributed by atoms with E-state index in [1.807, 2.05) is 6.92 Å². The van der Waals surface area contributed by atoms with Crippen LogP contribution in [-0.2, 0) is 20.8 Å². The highest BCUT2D eigenvalue weighted by atomic mass is 32.2. The van der Waals surface area contributed by atoms with Crippen LogP contribution in [0.25, 0.3) is 0 Å². The zero-order valence-electron chi connectivity index (χ0n) is 15.3. The minimum atomic E-state index is -4.40. The highest BCUT2D eigenvalue weighted by Gasteiger charge is 2.31. The Morgan fingerprint density at radius 1 is 1.11 bits per heavy atom. The monoisotopic (exact) mass is 406 g/mol. The molecule has 1 aromatic rings. The fraction of sp³-hybridized carbons (Fsp3) is 0.611. The van der Waals surface area contributed by atoms with Gasteiger partial charge in [0.2, 0.25) is 5.91 Å². The van der Waals surface area contributed by atoms with Gasteiger partial charge in [-0.05, 0) is 24.6 Å². The van der Waals surface area contributed by atoms with Gasteiger partial charge >= 0.3 is 6.18 Å². The number of hydrogen-bond donors (Lipinski definition) is 0. The molecule has 0 spiro atoms. The van der Waals surface area contributed by atoms with Gasteiger partial charge in [-0.3, -0.25) is 4.79 Å². The first-order chi connectivity index (χ1) is 12.6. The molecule has 1 heterocycles. The largest absolute Gasteiger partial charge is 0.416 e. The number of unbranched alkanes of at least 4 members (excludes halogenated alkanes) is 2.